The summed E-state index contributed by atoms with van der Waals surface area (Å²) in [7, 11) is 0. The standard InChI is InChI=1S/C13H11BrO2/c1-2-11(15)13-8-7-12(16-13)9-3-5-10(14)6-4-9/h3-8H,2H2,1H3. The molecule has 0 N–H and O–H groups in total. The lowest BCUT2D eigenvalue weighted by Crippen LogP contribution is -1.92. The molecule has 1 heterocycles. The fourth-order valence-corrected chi connectivity index (χ4v) is 1.70. The van der Waals surface area contributed by atoms with Gasteiger partial charge in [-0.3, -0.25) is 4.79 Å². The Morgan fingerprint density at radius 1 is 1.19 bits per heavy atom. The van der Waals surface area contributed by atoms with Crippen LogP contribution in [-0.4, -0.2) is 5.78 Å². The molecule has 0 radical (unpaired) electrons. The highest BCUT2D eigenvalue weighted by molar-refractivity contribution is 9.10. The first kappa shape index (κ1) is 11.1. The summed E-state index contributed by atoms with van der Waals surface area (Å²) < 4.78 is 6.52. The van der Waals surface area contributed by atoms with Crippen molar-refractivity contribution in [2.45, 2.75) is 13.3 Å². The van der Waals surface area contributed by atoms with Crippen molar-refractivity contribution >= 4 is 21.7 Å². The van der Waals surface area contributed by atoms with Crippen LogP contribution in [0.25, 0.3) is 11.3 Å². The third kappa shape index (κ3) is 2.25. The fourth-order valence-electron chi connectivity index (χ4n) is 1.43. The molecule has 0 fully saturated rings. The number of carbonyl (C=O) groups is 1. The third-order valence-electron chi connectivity index (χ3n) is 2.33. The van der Waals surface area contributed by atoms with Crippen molar-refractivity contribution in [1.82, 2.24) is 0 Å². The summed E-state index contributed by atoms with van der Waals surface area (Å²) in [5.41, 5.74) is 0.971. The molecule has 0 bridgehead atoms. The van der Waals surface area contributed by atoms with Crippen LogP contribution >= 0.6 is 15.9 Å². The summed E-state index contributed by atoms with van der Waals surface area (Å²) in [6.45, 7) is 1.82. The molecule has 0 amide bonds. The molecule has 0 aliphatic rings. The summed E-state index contributed by atoms with van der Waals surface area (Å²) in [6, 6.07) is 11.3. The molecule has 1 aromatic heterocycles. The maximum atomic E-state index is 11.4. The third-order valence-corrected chi connectivity index (χ3v) is 2.86. The van der Waals surface area contributed by atoms with Crippen LogP contribution < -0.4 is 0 Å². The van der Waals surface area contributed by atoms with Crippen LogP contribution in [0.15, 0.2) is 45.3 Å². The molecule has 0 saturated carbocycles. The van der Waals surface area contributed by atoms with Crippen LogP contribution in [0.3, 0.4) is 0 Å². The molecule has 2 aromatic rings. The van der Waals surface area contributed by atoms with Crippen LogP contribution in [0.5, 0.6) is 0 Å². The van der Waals surface area contributed by atoms with Crippen molar-refractivity contribution in [2.24, 2.45) is 0 Å². The van der Waals surface area contributed by atoms with Crippen molar-refractivity contribution in [1.29, 1.82) is 0 Å². The van der Waals surface area contributed by atoms with Crippen LogP contribution in [0.4, 0.5) is 0 Å². The van der Waals surface area contributed by atoms with Gasteiger partial charge in [-0.1, -0.05) is 35.0 Å². The van der Waals surface area contributed by atoms with Crippen LogP contribution in [0.2, 0.25) is 0 Å². The van der Waals surface area contributed by atoms with Crippen LogP contribution in [-0.2, 0) is 0 Å². The zero-order valence-corrected chi connectivity index (χ0v) is 10.5. The Balaban J connectivity index is 2.31. The number of benzene rings is 1. The molecule has 2 rings (SSSR count). The van der Waals surface area contributed by atoms with Gasteiger partial charge >= 0.3 is 0 Å². The number of Topliss-reactive ketones (excluding diaryl/α,β-unsaturated/α-hetero) is 1. The molecule has 0 atom stereocenters. The summed E-state index contributed by atoms with van der Waals surface area (Å²) in [4.78, 5) is 11.4. The van der Waals surface area contributed by atoms with Crippen molar-refractivity contribution in [2.75, 3.05) is 0 Å². The van der Waals surface area contributed by atoms with Crippen molar-refractivity contribution < 1.29 is 9.21 Å². The molecule has 3 heteroatoms. The lowest BCUT2D eigenvalue weighted by Gasteiger charge is -1.97. The minimum absolute atomic E-state index is 0.0309. The Morgan fingerprint density at radius 3 is 2.50 bits per heavy atom. The highest BCUT2D eigenvalue weighted by Crippen LogP contribution is 2.24. The van der Waals surface area contributed by atoms with Gasteiger partial charge in [0.1, 0.15) is 5.76 Å². The minimum Gasteiger partial charge on any atom is -0.453 e. The molecular formula is C13H11BrO2. The van der Waals surface area contributed by atoms with Gasteiger partial charge in [-0.25, -0.2) is 0 Å². The summed E-state index contributed by atoms with van der Waals surface area (Å²) in [5, 5.41) is 0. The van der Waals surface area contributed by atoms with Gasteiger partial charge in [0.05, 0.1) is 0 Å². The molecule has 82 valence electrons. The second kappa shape index (κ2) is 4.66. The minimum atomic E-state index is 0.0309. The topological polar surface area (TPSA) is 30.2 Å². The van der Waals surface area contributed by atoms with Crippen molar-refractivity contribution in [3.05, 3.63) is 46.6 Å². The van der Waals surface area contributed by atoms with E-state index in [0.717, 1.165) is 15.8 Å². The molecule has 0 aliphatic carbocycles. The van der Waals surface area contributed by atoms with E-state index in [4.69, 9.17) is 4.42 Å². The highest BCUT2D eigenvalue weighted by atomic mass is 79.9. The molecule has 1 aromatic carbocycles. The Bertz CT molecular complexity index is 497. The Hall–Kier alpha value is -1.35. The van der Waals surface area contributed by atoms with E-state index in [0.29, 0.717) is 12.2 Å². The Labute approximate surface area is 102 Å². The zero-order valence-electron chi connectivity index (χ0n) is 8.87. The van der Waals surface area contributed by atoms with Crippen LogP contribution in [0, 0.1) is 0 Å². The van der Waals surface area contributed by atoms with Crippen molar-refractivity contribution in [3.8, 4) is 11.3 Å². The number of hydrogen-bond donors (Lipinski definition) is 0. The number of halogens is 1. The highest BCUT2D eigenvalue weighted by Gasteiger charge is 2.09. The second-order valence-electron chi connectivity index (χ2n) is 3.45. The maximum absolute atomic E-state index is 11.4. The van der Waals surface area contributed by atoms with E-state index in [1.54, 1.807) is 6.07 Å². The van der Waals surface area contributed by atoms with Gasteiger partial charge in [0.25, 0.3) is 0 Å². The number of ketones is 1. The van der Waals surface area contributed by atoms with E-state index >= 15 is 0 Å². The Kier molecular flexibility index (Phi) is 3.25. The lowest BCUT2D eigenvalue weighted by molar-refractivity contribution is 0.0962. The van der Waals surface area contributed by atoms with E-state index in [1.807, 2.05) is 37.3 Å². The molecule has 2 nitrogen and oxygen atoms in total. The predicted molar refractivity (Wildman–Crippen MR) is 66.5 cm³/mol. The smallest absolute Gasteiger partial charge is 0.197 e. The predicted octanol–water partition coefficient (Wildman–Crippen LogP) is 4.30. The van der Waals surface area contributed by atoms with Gasteiger partial charge in [-0.2, -0.15) is 0 Å². The number of rotatable bonds is 3. The van der Waals surface area contributed by atoms with Gasteiger partial charge in [0, 0.05) is 16.5 Å². The quantitative estimate of drug-likeness (QED) is 0.784. The van der Waals surface area contributed by atoms with E-state index in [2.05, 4.69) is 15.9 Å². The largest absolute Gasteiger partial charge is 0.453 e. The normalized spacial score (nSPS) is 10.4. The number of furan rings is 1. The van der Waals surface area contributed by atoms with Crippen molar-refractivity contribution in [3.63, 3.8) is 0 Å². The first-order chi connectivity index (χ1) is 7.70. The van der Waals surface area contributed by atoms with Gasteiger partial charge in [0.2, 0.25) is 0 Å². The molecular weight excluding hydrogens is 268 g/mol. The summed E-state index contributed by atoms with van der Waals surface area (Å²) in [6.07, 6.45) is 0.466. The summed E-state index contributed by atoms with van der Waals surface area (Å²) in [5.74, 6) is 1.19. The van der Waals surface area contributed by atoms with E-state index in [-0.39, 0.29) is 5.78 Å². The molecule has 16 heavy (non-hydrogen) atoms. The average molecular weight is 279 g/mol. The first-order valence-electron chi connectivity index (χ1n) is 5.09. The van der Waals surface area contributed by atoms with Gasteiger partial charge in [-0.15, -0.1) is 0 Å². The van der Waals surface area contributed by atoms with Gasteiger partial charge < -0.3 is 4.42 Å². The molecule has 0 unspecified atom stereocenters. The fraction of sp³-hybridized carbons (Fsp3) is 0.154. The number of hydrogen-bond acceptors (Lipinski definition) is 2. The van der Waals surface area contributed by atoms with Crippen LogP contribution in [0.1, 0.15) is 23.9 Å². The molecule has 0 spiro atoms. The SMILES string of the molecule is CCC(=O)c1ccc(-c2ccc(Br)cc2)o1. The Morgan fingerprint density at radius 2 is 1.88 bits per heavy atom. The first-order valence-corrected chi connectivity index (χ1v) is 5.89. The maximum Gasteiger partial charge on any atom is 0.197 e. The van der Waals surface area contributed by atoms with E-state index in [9.17, 15) is 4.79 Å². The van der Waals surface area contributed by atoms with Gasteiger partial charge in [0.15, 0.2) is 11.5 Å². The lowest BCUT2D eigenvalue weighted by atomic mass is 10.2. The van der Waals surface area contributed by atoms with Gasteiger partial charge in [-0.05, 0) is 24.3 Å². The molecule has 0 aliphatic heterocycles. The second-order valence-corrected chi connectivity index (χ2v) is 4.36. The summed E-state index contributed by atoms with van der Waals surface area (Å²) >= 11 is 3.37. The van der Waals surface area contributed by atoms with E-state index in [1.165, 1.54) is 0 Å². The monoisotopic (exact) mass is 278 g/mol. The zero-order chi connectivity index (χ0) is 11.5. The molecule has 0 saturated heterocycles. The average Bonchev–Trinajstić information content (AvgIpc) is 2.78. The van der Waals surface area contributed by atoms with E-state index < -0.39 is 0 Å². The number of carbonyl (C=O) groups excluding carboxylic acids is 1.